The molecule has 0 saturated carbocycles. The first kappa shape index (κ1) is 11.7. The lowest BCUT2D eigenvalue weighted by atomic mass is 10.2. The van der Waals surface area contributed by atoms with Crippen molar-refractivity contribution < 1.29 is 0 Å². The predicted molar refractivity (Wildman–Crippen MR) is 74.5 cm³/mol. The van der Waals surface area contributed by atoms with Crippen LogP contribution in [-0.4, -0.2) is 14.2 Å². The van der Waals surface area contributed by atoms with Gasteiger partial charge in [0.25, 0.3) is 0 Å². The molecule has 0 spiro atoms. The standard InChI is InChI=1S/C15H15N3O/c1-11-8-14-9-12(2)17(15(19)18(14)16-11)10-13-6-4-3-5-7-13/h3-9H,10H2,1-2H3. The van der Waals surface area contributed by atoms with Gasteiger partial charge >= 0.3 is 5.69 Å². The molecule has 2 aromatic heterocycles. The van der Waals surface area contributed by atoms with Crippen LogP contribution in [0, 0.1) is 13.8 Å². The fourth-order valence-corrected chi connectivity index (χ4v) is 2.29. The quantitative estimate of drug-likeness (QED) is 0.702. The van der Waals surface area contributed by atoms with E-state index in [-0.39, 0.29) is 5.69 Å². The Morgan fingerprint density at radius 2 is 1.84 bits per heavy atom. The van der Waals surface area contributed by atoms with E-state index in [0.29, 0.717) is 6.54 Å². The lowest BCUT2D eigenvalue weighted by Crippen LogP contribution is -2.29. The smallest absolute Gasteiger partial charge is 0.292 e. The summed E-state index contributed by atoms with van der Waals surface area (Å²) in [6, 6.07) is 13.9. The van der Waals surface area contributed by atoms with Gasteiger partial charge in [-0.1, -0.05) is 30.3 Å². The van der Waals surface area contributed by atoms with Gasteiger partial charge in [-0.25, -0.2) is 4.79 Å². The highest BCUT2D eigenvalue weighted by Gasteiger charge is 2.08. The molecule has 4 heteroatoms. The van der Waals surface area contributed by atoms with E-state index in [1.165, 1.54) is 4.52 Å². The van der Waals surface area contributed by atoms with Gasteiger partial charge in [0.1, 0.15) is 0 Å². The number of rotatable bonds is 2. The fourth-order valence-electron chi connectivity index (χ4n) is 2.29. The van der Waals surface area contributed by atoms with E-state index < -0.39 is 0 Å². The summed E-state index contributed by atoms with van der Waals surface area (Å²) in [5, 5.41) is 4.24. The molecule has 3 aromatic rings. The first-order chi connectivity index (χ1) is 9.15. The second-order valence-corrected chi connectivity index (χ2v) is 4.76. The van der Waals surface area contributed by atoms with Crippen molar-refractivity contribution in [2.24, 2.45) is 0 Å². The maximum atomic E-state index is 12.4. The highest BCUT2D eigenvalue weighted by molar-refractivity contribution is 5.47. The van der Waals surface area contributed by atoms with Crippen molar-refractivity contribution in [1.29, 1.82) is 0 Å². The summed E-state index contributed by atoms with van der Waals surface area (Å²) < 4.78 is 3.21. The minimum Gasteiger partial charge on any atom is -0.292 e. The fraction of sp³-hybridized carbons (Fsp3) is 0.200. The van der Waals surface area contributed by atoms with Crippen LogP contribution in [0.3, 0.4) is 0 Å². The average Bonchev–Trinajstić information content (AvgIpc) is 2.76. The molecular formula is C15H15N3O. The van der Waals surface area contributed by atoms with Crippen LogP contribution in [0.1, 0.15) is 17.0 Å². The summed E-state index contributed by atoms with van der Waals surface area (Å²) in [5.41, 5.74) is 3.67. The second-order valence-electron chi connectivity index (χ2n) is 4.76. The van der Waals surface area contributed by atoms with Crippen molar-refractivity contribution >= 4 is 5.52 Å². The van der Waals surface area contributed by atoms with Crippen LogP contribution in [0.2, 0.25) is 0 Å². The topological polar surface area (TPSA) is 39.3 Å². The summed E-state index contributed by atoms with van der Waals surface area (Å²) in [5.74, 6) is 0. The van der Waals surface area contributed by atoms with E-state index >= 15 is 0 Å². The van der Waals surface area contributed by atoms with Crippen LogP contribution in [-0.2, 0) is 6.54 Å². The average molecular weight is 253 g/mol. The normalized spacial score (nSPS) is 11.1. The number of hydrogen-bond acceptors (Lipinski definition) is 2. The Labute approximate surface area is 110 Å². The maximum absolute atomic E-state index is 12.4. The van der Waals surface area contributed by atoms with Crippen LogP contribution in [0.4, 0.5) is 0 Å². The van der Waals surface area contributed by atoms with Crippen molar-refractivity contribution in [2.45, 2.75) is 20.4 Å². The third kappa shape index (κ3) is 2.05. The molecule has 0 atom stereocenters. The number of hydrogen-bond donors (Lipinski definition) is 0. The van der Waals surface area contributed by atoms with Gasteiger partial charge in [0.05, 0.1) is 17.8 Å². The zero-order valence-electron chi connectivity index (χ0n) is 11.0. The van der Waals surface area contributed by atoms with E-state index in [4.69, 9.17) is 0 Å². The Balaban J connectivity index is 2.16. The first-order valence-corrected chi connectivity index (χ1v) is 6.26. The van der Waals surface area contributed by atoms with E-state index in [1.54, 1.807) is 4.57 Å². The summed E-state index contributed by atoms with van der Waals surface area (Å²) in [6.45, 7) is 4.41. The molecule has 0 radical (unpaired) electrons. The minimum absolute atomic E-state index is 0.0908. The van der Waals surface area contributed by atoms with Gasteiger partial charge < -0.3 is 0 Å². The Kier molecular flexibility index (Phi) is 2.71. The zero-order chi connectivity index (χ0) is 13.4. The van der Waals surface area contributed by atoms with Crippen molar-refractivity contribution in [2.75, 3.05) is 0 Å². The van der Waals surface area contributed by atoms with Crippen LogP contribution < -0.4 is 5.69 Å². The van der Waals surface area contributed by atoms with Gasteiger partial charge in [0, 0.05) is 5.69 Å². The number of aryl methyl sites for hydroxylation is 2. The highest BCUT2D eigenvalue weighted by atomic mass is 16.1. The molecule has 19 heavy (non-hydrogen) atoms. The van der Waals surface area contributed by atoms with Gasteiger partial charge in [-0.05, 0) is 31.5 Å². The number of benzene rings is 1. The SMILES string of the molecule is Cc1cc2cc(C)n(Cc3ccccc3)c(=O)n2n1. The van der Waals surface area contributed by atoms with E-state index in [2.05, 4.69) is 5.10 Å². The Morgan fingerprint density at radius 1 is 1.11 bits per heavy atom. The molecule has 96 valence electrons. The largest absolute Gasteiger partial charge is 0.349 e. The molecular weight excluding hydrogens is 238 g/mol. The third-order valence-electron chi connectivity index (χ3n) is 3.24. The van der Waals surface area contributed by atoms with Gasteiger partial charge in [-0.3, -0.25) is 4.57 Å². The number of fused-ring (bicyclic) bond motifs is 1. The maximum Gasteiger partial charge on any atom is 0.349 e. The molecule has 0 aliphatic heterocycles. The highest BCUT2D eigenvalue weighted by Crippen LogP contribution is 2.08. The molecule has 0 amide bonds. The molecule has 0 unspecified atom stereocenters. The molecule has 1 aromatic carbocycles. The first-order valence-electron chi connectivity index (χ1n) is 6.26. The zero-order valence-corrected chi connectivity index (χ0v) is 11.0. The van der Waals surface area contributed by atoms with Crippen LogP contribution in [0.5, 0.6) is 0 Å². The second kappa shape index (κ2) is 4.39. The molecule has 2 heterocycles. The summed E-state index contributed by atoms with van der Waals surface area (Å²) in [7, 11) is 0. The summed E-state index contributed by atoms with van der Waals surface area (Å²) >= 11 is 0. The van der Waals surface area contributed by atoms with Crippen molar-refractivity contribution in [3.8, 4) is 0 Å². The molecule has 0 N–H and O–H groups in total. The molecule has 4 nitrogen and oxygen atoms in total. The lowest BCUT2D eigenvalue weighted by Gasteiger charge is -2.10. The minimum atomic E-state index is -0.0908. The van der Waals surface area contributed by atoms with Gasteiger partial charge in [-0.2, -0.15) is 9.61 Å². The number of nitrogens with zero attached hydrogens (tertiary/aromatic N) is 3. The van der Waals surface area contributed by atoms with Gasteiger partial charge in [0.2, 0.25) is 0 Å². The summed E-state index contributed by atoms with van der Waals surface area (Å²) in [4.78, 5) is 12.4. The van der Waals surface area contributed by atoms with Gasteiger partial charge in [0.15, 0.2) is 0 Å². The summed E-state index contributed by atoms with van der Waals surface area (Å²) in [6.07, 6.45) is 0. The van der Waals surface area contributed by atoms with Crippen molar-refractivity contribution in [3.05, 3.63) is 69.9 Å². The molecule has 0 bridgehead atoms. The van der Waals surface area contributed by atoms with Crippen molar-refractivity contribution in [3.63, 3.8) is 0 Å². The van der Waals surface area contributed by atoms with Crippen LogP contribution >= 0.6 is 0 Å². The van der Waals surface area contributed by atoms with Crippen LogP contribution in [0.15, 0.2) is 47.3 Å². The Hall–Kier alpha value is -2.36. The Morgan fingerprint density at radius 3 is 2.58 bits per heavy atom. The van der Waals surface area contributed by atoms with Gasteiger partial charge in [-0.15, -0.1) is 0 Å². The van der Waals surface area contributed by atoms with E-state index in [9.17, 15) is 4.79 Å². The monoisotopic (exact) mass is 253 g/mol. The molecule has 0 fully saturated rings. The number of aromatic nitrogens is 3. The van der Waals surface area contributed by atoms with Crippen LogP contribution in [0.25, 0.3) is 5.52 Å². The Bertz CT molecular complexity index is 784. The molecule has 0 aliphatic rings. The van der Waals surface area contributed by atoms with E-state index in [1.807, 2.05) is 56.3 Å². The van der Waals surface area contributed by atoms with Crippen molar-refractivity contribution in [1.82, 2.24) is 14.2 Å². The third-order valence-corrected chi connectivity index (χ3v) is 3.24. The molecule has 0 aliphatic carbocycles. The molecule has 0 saturated heterocycles. The van der Waals surface area contributed by atoms with E-state index in [0.717, 1.165) is 22.5 Å². The lowest BCUT2D eigenvalue weighted by molar-refractivity contribution is 0.664. The predicted octanol–water partition coefficient (Wildman–Crippen LogP) is 2.16. The molecule has 3 rings (SSSR count).